The van der Waals surface area contributed by atoms with Crippen LogP contribution < -0.4 is 0 Å². The fourth-order valence-corrected chi connectivity index (χ4v) is 11.6. The minimum absolute atomic E-state index is 0.110. The normalized spacial score (nSPS) is 13.0. The maximum atomic E-state index is 6.54. The summed E-state index contributed by atoms with van der Waals surface area (Å²) in [6.07, 6.45) is 0. The smallest absolute Gasteiger partial charge is 0.164 e. The van der Waals surface area contributed by atoms with Crippen molar-refractivity contribution < 1.29 is 4.42 Å². The van der Waals surface area contributed by atoms with Gasteiger partial charge in [-0.1, -0.05) is 147 Å². The Morgan fingerprint density at radius 1 is 0.319 bits per heavy atom. The summed E-state index contributed by atoms with van der Waals surface area (Å²) in [6, 6.07) is 80.2. The minimum Gasteiger partial charge on any atom is -0.456 e. The molecule has 0 saturated heterocycles. The second-order valence-electron chi connectivity index (χ2n) is 19.6. The van der Waals surface area contributed by atoms with Crippen LogP contribution in [0.3, 0.4) is 0 Å². The van der Waals surface area contributed by atoms with Gasteiger partial charge >= 0.3 is 0 Å². The molecule has 0 atom stereocenters. The van der Waals surface area contributed by atoms with Crippen LogP contribution in [0.2, 0.25) is 0 Å². The predicted octanol–water partition coefficient (Wildman–Crippen LogP) is 16.9. The molecule has 0 aliphatic heterocycles. The van der Waals surface area contributed by atoms with E-state index in [2.05, 4.69) is 181 Å². The molecule has 338 valence electrons. The second kappa shape index (κ2) is 15.3. The first-order chi connectivity index (χ1) is 35.4. The van der Waals surface area contributed by atoms with E-state index in [1.165, 1.54) is 55.0 Å². The quantitative estimate of drug-likeness (QED) is 0.167. The van der Waals surface area contributed by atoms with E-state index in [0.29, 0.717) is 17.5 Å². The van der Waals surface area contributed by atoms with Gasteiger partial charge in [0.15, 0.2) is 17.5 Å². The van der Waals surface area contributed by atoms with E-state index in [9.17, 15) is 0 Å². The van der Waals surface area contributed by atoms with Gasteiger partial charge in [-0.15, -0.1) is 0 Å². The van der Waals surface area contributed by atoms with Crippen LogP contribution in [0.5, 0.6) is 0 Å². The van der Waals surface area contributed by atoms with Crippen LogP contribution in [0, 0.1) is 0 Å². The lowest BCUT2D eigenvalue weighted by Gasteiger charge is -2.21. The molecule has 0 amide bonds. The Balaban J connectivity index is 0.908. The van der Waals surface area contributed by atoms with E-state index in [1.54, 1.807) is 0 Å². The number of hydrogen-bond donors (Lipinski definition) is 0. The summed E-state index contributed by atoms with van der Waals surface area (Å²) < 4.78 is 11.4. The van der Waals surface area contributed by atoms with Crippen LogP contribution in [-0.2, 0) is 5.41 Å². The SMILES string of the molecule is CC1(C)c2ccccc2-c2cc3c4cc(-c5ccc6c(c5)c5cc7c(cc5n6-c5ccc(-c6nc(-c8ccccc8)nc(-c8ccccc8)n6)cc5)oc5ccccc57)ccc4n(-c4ccccc4)c3cc21. The average Bonchev–Trinajstić information content (AvgIpc) is 4.14. The molecule has 0 saturated carbocycles. The molecule has 4 aromatic heterocycles. The number of benzene rings is 10. The Bertz CT molecular complexity index is 4450. The van der Waals surface area contributed by atoms with Crippen molar-refractivity contribution in [3.63, 3.8) is 0 Å². The molecule has 4 heterocycles. The molecule has 72 heavy (non-hydrogen) atoms. The van der Waals surface area contributed by atoms with Crippen LogP contribution in [0.25, 0.3) is 133 Å². The van der Waals surface area contributed by atoms with Crippen molar-refractivity contribution in [3.05, 3.63) is 236 Å². The predicted molar refractivity (Wildman–Crippen MR) is 295 cm³/mol. The lowest BCUT2D eigenvalue weighted by molar-refractivity contribution is 0.661. The monoisotopic (exact) mass is 921 g/mol. The zero-order chi connectivity index (χ0) is 47.7. The molecule has 1 aliphatic carbocycles. The highest BCUT2D eigenvalue weighted by Crippen LogP contribution is 2.51. The molecule has 0 unspecified atom stereocenters. The number of fused-ring (bicyclic) bond motifs is 12. The Labute approximate surface area is 414 Å². The number of rotatable bonds is 6. The lowest BCUT2D eigenvalue weighted by atomic mass is 9.82. The minimum atomic E-state index is -0.110. The van der Waals surface area contributed by atoms with Gasteiger partial charge in [-0.3, -0.25) is 0 Å². The summed E-state index contributed by atoms with van der Waals surface area (Å²) >= 11 is 0. The molecule has 14 aromatic rings. The van der Waals surface area contributed by atoms with Gasteiger partial charge in [0.05, 0.1) is 22.1 Å². The summed E-state index contributed by atoms with van der Waals surface area (Å²) in [5.41, 5.74) is 18.9. The van der Waals surface area contributed by atoms with E-state index in [-0.39, 0.29) is 5.41 Å². The van der Waals surface area contributed by atoms with Gasteiger partial charge in [0.2, 0.25) is 0 Å². The van der Waals surface area contributed by atoms with Gasteiger partial charge in [0, 0.05) is 71.9 Å². The van der Waals surface area contributed by atoms with Gasteiger partial charge in [-0.25, -0.2) is 15.0 Å². The van der Waals surface area contributed by atoms with Crippen molar-refractivity contribution in [2.45, 2.75) is 19.3 Å². The van der Waals surface area contributed by atoms with Crippen LogP contribution in [-0.4, -0.2) is 24.1 Å². The topological polar surface area (TPSA) is 61.7 Å². The zero-order valence-corrected chi connectivity index (χ0v) is 39.5. The first kappa shape index (κ1) is 40.5. The van der Waals surface area contributed by atoms with Crippen molar-refractivity contribution in [2.75, 3.05) is 0 Å². The van der Waals surface area contributed by atoms with Gasteiger partial charge < -0.3 is 13.6 Å². The van der Waals surface area contributed by atoms with Crippen molar-refractivity contribution in [2.24, 2.45) is 0 Å². The van der Waals surface area contributed by atoms with E-state index in [0.717, 1.165) is 72.0 Å². The summed E-state index contributed by atoms with van der Waals surface area (Å²) in [5, 5.41) is 7.02. The molecule has 0 bridgehead atoms. The van der Waals surface area contributed by atoms with E-state index < -0.39 is 0 Å². The Kier molecular flexibility index (Phi) is 8.61. The summed E-state index contributed by atoms with van der Waals surface area (Å²) in [7, 11) is 0. The van der Waals surface area contributed by atoms with Crippen LogP contribution in [0.1, 0.15) is 25.0 Å². The maximum Gasteiger partial charge on any atom is 0.164 e. The molecule has 6 heteroatoms. The molecule has 6 nitrogen and oxygen atoms in total. The molecule has 0 fully saturated rings. The summed E-state index contributed by atoms with van der Waals surface area (Å²) in [4.78, 5) is 15.0. The number of aromatic nitrogens is 5. The average molecular weight is 922 g/mol. The first-order valence-corrected chi connectivity index (χ1v) is 24.6. The molecular weight excluding hydrogens is 879 g/mol. The van der Waals surface area contributed by atoms with Gasteiger partial charge in [-0.05, 0) is 118 Å². The van der Waals surface area contributed by atoms with Crippen molar-refractivity contribution in [1.82, 2.24) is 24.1 Å². The van der Waals surface area contributed by atoms with Gasteiger partial charge in [0.25, 0.3) is 0 Å². The summed E-state index contributed by atoms with van der Waals surface area (Å²) in [6.45, 7) is 4.72. The number of furan rings is 1. The number of para-hydroxylation sites is 2. The Morgan fingerprint density at radius 2 is 0.806 bits per heavy atom. The van der Waals surface area contributed by atoms with Crippen molar-refractivity contribution in [3.8, 4) is 67.8 Å². The van der Waals surface area contributed by atoms with Crippen LogP contribution in [0.4, 0.5) is 0 Å². The highest BCUT2D eigenvalue weighted by Gasteiger charge is 2.36. The van der Waals surface area contributed by atoms with E-state index >= 15 is 0 Å². The molecular formula is C66H43N5O. The first-order valence-electron chi connectivity index (χ1n) is 24.6. The largest absolute Gasteiger partial charge is 0.456 e. The van der Waals surface area contributed by atoms with E-state index in [1.807, 2.05) is 66.7 Å². The molecule has 0 radical (unpaired) electrons. The second-order valence-corrected chi connectivity index (χ2v) is 19.6. The lowest BCUT2D eigenvalue weighted by Crippen LogP contribution is -2.14. The highest BCUT2D eigenvalue weighted by molar-refractivity contribution is 6.18. The Hall–Kier alpha value is -9.39. The van der Waals surface area contributed by atoms with Gasteiger partial charge in [-0.2, -0.15) is 0 Å². The molecule has 0 N–H and O–H groups in total. The third-order valence-electron chi connectivity index (χ3n) is 15.2. The van der Waals surface area contributed by atoms with Crippen molar-refractivity contribution in [1.29, 1.82) is 0 Å². The fraction of sp³-hybridized carbons (Fsp3) is 0.0455. The summed E-state index contributed by atoms with van der Waals surface area (Å²) in [5.74, 6) is 1.89. The molecule has 0 spiro atoms. The number of nitrogens with zero attached hydrogens (tertiary/aromatic N) is 5. The van der Waals surface area contributed by atoms with Crippen LogP contribution in [0.15, 0.2) is 229 Å². The Morgan fingerprint density at radius 3 is 1.44 bits per heavy atom. The van der Waals surface area contributed by atoms with Crippen LogP contribution >= 0.6 is 0 Å². The maximum absolute atomic E-state index is 6.54. The zero-order valence-electron chi connectivity index (χ0n) is 39.5. The number of hydrogen-bond acceptors (Lipinski definition) is 4. The molecule has 15 rings (SSSR count). The standard InChI is InChI=1S/C66H43N5O/c1-66(2)55-24-14-12-22-47(55)49-36-52-50-34-43(28-32-57(50)70(59(52)38-56(49)66)45-20-10-5-11-21-45)44-29-33-58-51(35-44)53-37-54-48-23-13-15-25-61(48)72-62(54)39-60(53)71(58)46-30-26-42(27-31-46)65-68-63(40-16-6-3-7-17-40)67-64(69-65)41-18-8-4-9-19-41/h3-39H,1-2H3. The van der Waals surface area contributed by atoms with Crippen molar-refractivity contribution >= 4 is 65.6 Å². The molecule has 10 aromatic carbocycles. The third-order valence-corrected chi connectivity index (χ3v) is 15.2. The highest BCUT2D eigenvalue weighted by atomic mass is 16.3. The fourth-order valence-electron chi connectivity index (χ4n) is 11.6. The van der Waals surface area contributed by atoms with Gasteiger partial charge in [0.1, 0.15) is 11.2 Å². The van der Waals surface area contributed by atoms with E-state index in [4.69, 9.17) is 19.4 Å². The molecule has 1 aliphatic rings. The third kappa shape index (κ3) is 6.05.